The molecule has 3 aromatic rings. The number of rotatable bonds is 2. The molecule has 2 N–H and O–H groups in total. The summed E-state index contributed by atoms with van der Waals surface area (Å²) in [6.07, 6.45) is 1.72. The van der Waals surface area contributed by atoms with Crippen LogP contribution in [0.15, 0.2) is 53.5 Å². The first-order valence-electron chi connectivity index (χ1n) is 6.92. The predicted molar refractivity (Wildman–Crippen MR) is 84.7 cm³/mol. The minimum atomic E-state index is -0.260. The molecule has 21 heavy (non-hydrogen) atoms. The van der Waals surface area contributed by atoms with Gasteiger partial charge in [0.2, 0.25) is 0 Å². The van der Waals surface area contributed by atoms with Crippen LogP contribution in [0.4, 0.5) is 0 Å². The van der Waals surface area contributed by atoms with Gasteiger partial charge in [0.05, 0.1) is 10.9 Å². The number of hydrogen-bond acceptors (Lipinski definition) is 3. The molecule has 4 nitrogen and oxygen atoms in total. The number of aryl methyl sites for hydroxylation is 1. The highest BCUT2D eigenvalue weighted by Gasteiger charge is 2.15. The molecule has 0 saturated heterocycles. The van der Waals surface area contributed by atoms with Crippen molar-refractivity contribution in [3.8, 4) is 5.69 Å². The van der Waals surface area contributed by atoms with Crippen LogP contribution in [0.2, 0.25) is 0 Å². The maximum Gasteiger partial charge on any atom is 0.265 e. The lowest BCUT2D eigenvalue weighted by Crippen LogP contribution is -2.26. The van der Waals surface area contributed by atoms with Gasteiger partial charge in [0, 0.05) is 23.6 Å². The van der Waals surface area contributed by atoms with Gasteiger partial charge in [-0.1, -0.05) is 18.2 Å². The summed E-state index contributed by atoms with van der Waals surface area (Å²) in [6.45, 7) is 3.79. The number of pyridine rings is 2. The van der Waals surface area contributed by atoms with Crippen molar-refractivity contribution in [1.82, 2.24) is 9.55 Å². The third-order valence-electron chi connectivity index (χ3n) is 3.63. The van der Waals surface area contributed by atoms with E-state index in [9.17, 15) is 4.79 Å². The van der Waals surface area contributed by atoms with Gasteiger partial charge in [-0.15, -0.1) is 0 Å². The molecule has 0 spiro atoms. The summed E-state index contributed by atoms with van der Waals surface area (Å²) in [5.41, 5.74) is 9.19. The number of para-hydroxylation sites is 1. The van der Waals surface area contributed by atoms with E-state index in [1.54, 1.807) is 10.8 Å². The molecule has 0 fully saturated rings. The van der Waals surface area contributed by atoms with E-state index in [-0.39, 0.29) is 11.6 Å². The van der Waals surface area contributed by atoms with Crippen LogP contribution in [-0.4, -0.2) is 9.55 Å². The van der Waals surface area contributed by atoms with Gasteiger partial charge in [-0.25, -0.2) is 0 Å². The summed E-state index contributed by atoms with van der Waals surface area (Å²) < 4.78 is 1.68. The van der Waals surface area contributed by atoms with Crippen LogP contribution >= 0.6 is 0 Å². The third kappa shape index (κ3) is 2.23. The Bertz CT molecular complexity index is 851. The van der Waals surface area contributed by atoms with Gasteiger partial charge in [-0.05, 0) is 43.7 Å². The first-order valence-corrected chi connectivity index (χ1v) is 6.92. The normalized spacial score (nSPS) is 12.5. The molecule has 0 amide bonds. The summed E-state index contributed by atoms with van der Waals surface area (Å²) in [5.74, 6) is 0. The second-order valence-electron chi connectivity index (χ2n) is 5.22. The summed E-state index contributed by atoms with van der Waals surface area (Å²) in [4.78, 5) is 17.3. The maximum atomic E-state index is 12.9. The lowest BCUT2D eigenvalue weighted by Gasteiger charge is -2.17. The highest BCUT2D eigenvalue weighted by atomic mass is 16.1. The fourth-order valence-corrected chi connectivity index (χ4v) is 2.58. The molecule has 106 valence electrons. The van der Waals surface area contributed by atoms with Crippen molar-refractivity contribution in [2.24, 2.45) is 5.73 Å². The van der Waals surface area contributed by atoms with E-state index in [2.05, 4.69) is 4.98 Å². The van der Waals surface area contributed by atoms with Gasteiger partial charge in [-0.3, -0.25) is 14.3 Å². The van der Waals surface area contributed by atoms with Crippen molar-refractivity contribution < 1.29 is 0 Å². The minimum Gasteiger partial charge on any atom is -0.323 e. The summed E-state index contributed by atoms with van der Waals surface area (Å²) in [6, 6.07) is 13.1. The van der Waals surface area contributed by atoms with E-state index in [0.717, 1.165) is 16.9 Å². The lowest BCUT2D eigenvalue weighted by molar-refractivity contribution is 0.733. The monoisotopic (exact) mass is 279 g/mol. The average Bonchev–Trinajstić information content (AvgIpc) is 2.47. The Morgan fingerprint density at radius 2 is 1.90 bits per heavy atom. The Morgan fingerprint density at radius 1 is 1.19 bits per heavy atom. The molecule has 0 aliphatic carbocycles. The van der Waals surface area contributed by atoms with Crippen LogP contribution in [0.1, 0.15) is 24.2 Å². The first kappa shape index (κ1) is 13.5. The van der Waals surface area contributed by atoms with Crippen molar-refractivity contribution >= 4 is 10.9 Å². The van der Waals surface area contributed by atoms with Crippen LogP contribution in [0.3, 0.4) is 0 Å². The molecule has 4 heteroatoms. The summed E-state index contributed by atoms with van der Waals surface area (Å²) in [7, 11) is 0. The van der Waals surface area contributed by atoms with Gasteiger partial charge >= 0.3 is 0 Å². The van der Waals surface area contributed by atoms with Crippen molar-refractivity contribution in [1.29, 1.82) is 0 Å². The molecule has 0 radical (unpaired) electrons. The zero-order chi connectivity index (χ0) is 15.0. The Hall–Kier alpha value is -2.46. The number of nitrogens with two attached hydrogens (primary N) is 1. The van der Waals surface area contributed by atoms with Crippen molar-refractivity contribution in [2.75, 3.05) is 0 Å². The number of benzene rings is 1. The lowest BCUT2D eigenvalue weighted by atomic mass is 10.1. The van der Waals surface area contributed by atoms with Crippen molar-refractivity contribution in [3.63, 3.8) is 0 Å². The van der Waals surface area contributed by atoms with E-state index in [1.165, 1.54) is 0 Å². The Morgan fingerprint density at radius 3 is 2.57 bits per heavy atom. The highest BCUT2D eigenvalue weighted by Crippen LogP contribution is 2.20. The molecule has 2 aromatic heterocycles. The Kier molecular flexibility index (Phi) is 3.31. The van der Waals surface area contributed by atoms with E-state index in [1.807, 2.05) is 56.3 Å². The number of nitrogens with zero attached hydrogens (tertiary/aromatic N) is 2. The van der Waals surface area contributed by atoms with Crippen LogP contribution in [-0.2, 0) is 0 Å². The molecule has 3 rings (SSSR count). The Balaban J connectivity index is 2.47. The van der Waals surface area contributed by atoms with E-state index in [4.69, 9.17) is 5.73 Å². The van der Waals surface area contributed by atoms with Gasteiger partial charge in [0.15, 0.2) is 0 Å². The fourth-order valence-electron chi connectivity index (χ4n) is 2.58. The van der Waals surface area contributed by atoms with Crippen LogP contribution in [0.25, 0.3) is 16.6 Å². The molecule has 1 atom stereocenters. The van der Waals surface area contributed by atoms with E-state index in [0.29, 0.717) is 10.9 Å². The van der Waals surface area contributed by atoms with E-state index >= 15 is 0 Å². The second-order valence-corrected chi connectivity index (χ2v) is 5.22. The van der Waals surface area contributed by atoms with Crippen molar-refractivity contribution in [2.45, 2.75) is 19.9 Å². The highest BCUT2D eigenvalue weighted by molar-refractivity contribution is 5.81. The number of hydrogen-bond donors (Lipinski definition) is 1. The molecule has 1 unspecified atom stereocenters. The van der Waals surface area contributed by atoms with Crippen LogP contribution in [0, 0.1) is 6.92 Å². The molecule has 0 aliphatic heterocycles. The van der Waals surface area contributed by atoms with Gasteiger partial charge in [0.1, 0.15) is 0 Å². The largest absolute Gasteiger partial charge is 0.323 e. The molecule has 0 aliphatic rings. The first-order chi connectivity index (χ1) is 10.1. The van der Waals surface area contributed by atoms with Crippen LogP contribution < -0.4 is 11.3 Å². The quantitative estimate of drug-likeness (QED) is 0.784. The second kappa shape index (κ2) is 5.14. The number of aromatic nitrogens is 2. The molecular formula is C17H17N3O. The topological polar surface area (TPSA) is 60.9 Å². The summed E-state index contributed by atoms with van der Waals surface area (Å²) in [5, 5.41) is 0.644. The minimum absolute atomic E-state index is 0.0726. The standard InChI is InChI=1S/C17H17N3O/c1-11-8-9-19-14-10-15(12(2)18)20(17(21)16(11)14)13-6-4-3-5-7-13/h3-10,12H,18H2,1-2H3. The van der Waals surface area contributed by atoms with E-state index < -0.39 is 0 Å². The number of fused-ring (bicyclic) bond motifs is 1. The molecule has 2 heterocycles. The SMILES string of the molecule is Cc1ccnc2cc(C(C)N)n(-c3ccccc3)c(=O)c12. The maximum absolute atomic E-state index is 12.9. The van der Waals surface area contributed by atoms with Crippen molar-refractivity contribution in [3.05, 3.63) is 70.3 Å². The third-order valence-corrected chi connectivity index (χ3v) is 3.63. The molecule has 1 aromatic carbocycles. The van der Waals surface area contributed by atoms with Gasteiger partial charge < -0.3 is 5.73 Å². The van der Waals surface area contributed by atoms with Gasteiger partial charge in [0.25, 0.3) is 5.56 Å². The fraction of sp³-hybridized carbons (Fsp3) is 0.176. The summed E-state index contributed by atoms with van der Waals surface area (Å²) >= 11 is 0. The predicted octanol–water partition coefficient (Wildman–Crippen LogP) is 2.71. The zero-order valence-corrected chi connectivity index (χ0v) is 12.1. The smallest absolute Gasteiger partial charge is 0.265 e. The van der Waals surface area contributed by atoms with Gasteiger partial charge in [-0.2, -0.15) is 0 Å². The molecule has 0 bridgehead atoms. The average molecular weight is 279 g/mol. The zero-order valence-electron chi connectivity index (χ0n) is 12.1. The molecular weight excluding hydrogens is 262 g/mol. The molecule has 0 saturated carbocycles. The van der Waals surface area contributed by atoms with Crippen LogP contribution in [0.5, 0.6) is 0 Å². The Labute approximate surface area is 122 Å².